The molecule has 0 aliphatic carbocycles. The third kappa shape index (κ3) is 4.45. The molecule has 0 radical (unpaired) electrons. The molecule has 6 heteroatoms. The first-order chi connectivity index (χ1) is 10.0. The van der Waals surface area contributed by atoms with Crippen molar-refractivity contribution in [3.05, 3.63) is 47.7 Å². The molecule has 110 valence electrons. The van der Waals surface area contributed by atoms with Crippen molar-refractivity contribution in [2.45, 2.75) is 19.9 Å². The SMILES string of the molecule is Cc1ccc(OCC(C)Nc2ccc(C(N)=O)nn2)cc1. The summed E-state index contributed by atoms with van der Waals surface area (Å²) in [6.45, 7) is 4.49. The van der Waals surface area contributed by atoms with Gasteiger partial charge in [-0.05, 0) is 38.1 Å². The number of nitrogens with one attached hydrogen (secondary N) is 1. The summed E-state index contributed by atoms with van der Waals surface area (Å²) < 4.78 is 5.67. The van der Waals surface area contributed by atoms with Gasteiger partial charge in [0.05, 0.1) is 6.04 Å². The quantitative estimate of drug-likeness (QED) is 0.844. The molecule has 0 aliphatic rings. The van der Waals surface area contributed by atoms with Gasteiger partial charge in [-0.25, -0.2) is 0 Å². The highest BCUT2D eigenvalue weighted by atomic mass is 16.5. The molecule has 2 aromatic rings. The summed E-state index contributed by atoms with van der Waals surface area (Å²) in [6.07, 6.45) is 0. The van der Waals surface area contributed by atoms with Gasteiger partial charge in [0.25, 0.3) is 5.91 Å². The Hall–Kier alpha value is -2.63. The lowest BCUT2D eigenvalue weighted by Gasteiger charge is -2.15. The van der Waals surface area contributed by atoms with Crippen molar-refractivity contribution in [2.24, 2.45) is 5.73 Å². The maximum absolute atomic E-state index is 10.9. The molecule has 2 rings (SSSR count). The average Bonchev–Trinajstić information content (AvgIpc) is 2.47. The number of benzene rings is 1. The van der Waals surface area contributed by atoms with Crippen LogP contribution in [0.25, 0.3) is 0 Å². The minimum Gasteiger partial charge on any atom is -0.491 e. The molecule has 6 nitrogen and oxygen atoms in total. The Morgan fingerprint density at radius 2 is 1.95 bits per heavy atom. The Balaban J connectivity index is 1.85. The van der Waals surface area contributed by atoms with Gasteiger partial charge in [0.1, 0.15) is 18.2 Å². The van der Waals surface area contributed by atoms with E-state index in [-0.39, 0.29) is 11.7 Å². The highest BCUT2D eigenvalue weighted by molar-refractivity contribution is 5.90. The molecule has 1 heterocycles. The molecule has 0 spiro atoms. The molecule has 0 aliphatic heterocycles. The summed E-state index contributed by atoms with van der Waals surface area (Å²) in [5.41, 5.74) is 6.44. The minimum atomic E-state index is -0.593. The van der Waals surface area contributed by atoms with Crippen LogP contribution in [0.5, 0.6) is 5.75 Å². The van der Waals surface area contributed by atoms with Gasteiger partial charge in [-0.2, -0.15) is 0 Å². The Morgan fingerprint density at radius 1 is 1.24 bits per heavy atom. The largest absolute Gasteiger partial charge is 0.491 e. The number of nitrogens with two attached hydrogens (primary N) is 1. The van der Waals surface area contributed by atoms with Crippen molar-refractivity contribution in [3.8, 4) is 5.75 Å². The zero-order valence-corrected chi connectivity index (χ0v) is 12.0. The van der Waals surface area contributed by atoms with E-state index >= 15 is 0 Å². The number of aromatic nitrogens is 2. The molecule has 0 saturated carbocycles. The molecule has 1 aromatic heterocycles. The molecular formula is C15H18N4O2. The zero-order valence-electron chi connectivity index (χ0n) is 12.0. The molecule has 0 fully saturated rings. The van der Waals surface area contributed by atoms with Crippen LogP contribution in [0, 0.1) is 6.92 Å². The van der Waals surface area contributed by atoms with Crippen LogP contribution in [0.15, 0.2) is 36.4 Å². The van der Waals surface area contributed by atoms with Gasteiger partial charge in [0.15, 0.2) is 5.69 Å². The van der Waals surface area contributed by atoms with Gasteiger partial charge in [-0.15, -0.1) is 10.2 Å². The first-order valence-corrected chi connectivity index (χ1v) is 6.64. The smallest absolute Gasteiger partial charge is 0.269 e. The number of rotatable bonds is 6. The van der Waals surface area contributed by atoms with Crippen LogP contribution in [0.3, 0.4) is 0 Å². The van der Waals surface area contributed by atoms with E-state index in [2.05, 4.69) is 15.5 Å². The number of carbonyl (C=O) groups excluding carboxylic acids is 1. The first kappa shape index (κ1) is 14.8. The lowest BCUT2D eigenvalue weighted by atomic mass is 10.2. The van der Waals surface area contributed by atoms with Crippen molar-refractivity contribution in [1.29, 1.82) is 0 Å². The number of aryl methyl sites for hydroxylation is 1. The van der Waals surface area contributed by atoms with E-state index in [1.165, 1.54) is 11.6 Å². The standard InChI is InChI=1S/C15H18N4O2/c1-10-3-5-12(6-4-10)21-9-11(2)17-14-8-7-13(15(16)20)18-19-14/h3-8,11H,9H2,1-2H3,(H2,16,20)(H,17,19). The van der Waals surface area contributed by atoms with Crippen molar-refractivity contribution >= 4 is 11.7 Å². The van der Waals surface area contributed by atoms with Crippen molar-refractivity contribution in [2.75, 3.05) is 11.9 Å². The van der Waals surface area contributed by atoms with E-state index in [4.69, 9.17) is 10.5 Å². The molecule has 1 amide bonds. The van der Waals surface area contributed by atoms with Gasteiger partial charge in [-0.3, -0.25) is 4.79 Å². The number of nitrogens with zero attached hydrogens (tertiary/aromatic N) is 2. The number of hydrogen-bond donors (Lipinski definition) is 2. The number of hydrogen-bond acceptors (Lipinski definition) is 5. The van der Waals surface area contributed by atoms with Gasteiger partial charge >= 0.3 is 0 Å². The third-order valence-electron chi connectivity index (χ3n) is 2.83. The number of anilines is 1. The fourth-order valence-corrected chi connectivity index (χ4v) is 1.69. The third-order valence-corrected chi connectivity index (χ3v) is 2.83. The van der Waals surface area contributed by atoms with Gasteiger partial charge < -0.3 is 15.8 Å². The summed E-state index contributed by atoms with van der Waals surface area (Å²) >= 11 is 0. The van der Waals surface area contributed by atoms with Gasteiger partial charge in [0, 0.05) is 0 Å². The molecule has 0 bridgehead atoms. The number of carbonyl (C=O) groups is 1. The Kier molecular flexibility index (Phi) is 4.71. The van der Waals surface area contributed by atoms with E-state index < -0.39 is 5.91 Å². The summed E-state index contributed by atoms with van der Waals surface area (Å²) in [5, 5.41) is 10.8. The Bertz CT molecular complexity index is 596. The minimum absolute atomic E-state index is 0.0417. The normalized spacial score (nSPS) is 11.7. The predicted molar refractivity (Wildman–Crippen MR) is 80.3 cm³/mol. The molecule has 21 heavy (non-hydrogen) atoms. The molecule has 3 N–H and O–H groups in total. The van der Waals surface area contributed by atoms with Crippen LogP contribution in [0.4, 0.5) is 5.82 Å². The van der Waals surface area contributed by atoms with E-state index in [0.717, 1.165) is 5.75 Å². The van der Waals surface area contributed by atoms with E-state index in [1.54, 1.807) is 6.07 Å². The fraction of sp³-hybridized carbons (Fsp3) is 0.267. The van der Waals surface area contributed by atoms with Crippen LogP contribution in [0.1, 0.15) is 23.0 Å². The number of primary amides is 1. The van der Waals surface area contributed by atoms with E-state index in [0.29, 0.717) is 12.4 Å². The summed E-state index contributed by atoms with van der Waals surface area (Å²) in [4.78, 5) is 10.9. The van der Waals surface area contributed by atoms with Crippen LogP contribution >= 0.6 is 0 Å². The molecule has 1 atom stereocenters. The van der Waals surface area contributed by atoms with Crippen LogP contribution in [-0.4, -0.2) is 28.8 Å². The van der Waals surface area contributed by atoms with Gasteiger partial charge in [0.2, 0.25) is 0 Å². The highest BCUT2D eigenvalue weighted by Crippen LogP contribution is 2.12. The van der Waals surface area contributed by atoms with Gasteiger partial charge in [-0.1, -0.05) is 17.7 Å². The second-order valence-electron chi connectivity index (χ2n) is 4.84. The van der Waals surface area contributed by atoms with Crippen molar-refractivity contribution < 1.29 is 9.53 Å². The van der Waals surface area contributed by atoms with Crippen molar-refractivity contribution in [1.82, 2.24) is 10.2 Å². The molecule has 0 saturated heterocycles. The van der Waals surface area contributed by atoms with Crippen LogP contribution < -0.4 is 15.8 Å². The average molecular weight is 286 g/mol. The highest BCUT2D eigenvalue weighted by Gasteiger charge is 2.07. The summed E-state index contributed by atoms with van der Waals surface area (Å²) in [5.74, 6) is 0.800. The Labute approximate surface area is 123 Å². The summed E-state index contributed by atoms with van der Waals surface area (Å²) in [6, 6.07) is 11.1. The molecular weight excluding hydrogens is 268 g/mol. The monoisotopic (exact) mass is 286 g/mol. The fourth-order valence-electron chi connectivity index (χ4n) is 1.69. The van der Waals surface area contributed by atoms with E-state index in [1.807, 2.05) is 38.1 Å². The maximum Gasteiger partial charge on any atom is 0.269 e. The van der Waals surface area contributed by atoms with Crippen LogP contribution in [0.2, 0.25) is 0 Å². The van der Waals surface area contributed by atoms with Crippen molar-refractivity contribution in [3.63, 3.8) is 0 Å². The van der Waals surface area contributed by atoms with Crippen LogP contribution in [-0.2, 0) is 0 Å². The number of amides is 1. The molecule has 1 aromatic carbocycles. The number of ether oxygens (including phenoxy) is 1. The molecule has 1 unspecified atom stereocenters. The van der Waals surface area contributed by atoms with E-state index in [9.17, 15) is 4.79 Å². The topological polar surface area (TPSA) is 90.1 Å². The lowest BCUT2D eigenvalue weighted by molar-refractivity contribution is 0.0994. The first-order valence-electron chi connectivity index (χ1n) is 6.64. The summed E-state index contributed by atoms with van der Waals surface area (Å²) in [7, 11) is 0. The second-order valence-corrected chi connectivity index (χ2v) is 4.84. The predicted octanol–water partition coefficient (Wildman–Crippen LogP) is 1.76. The maximum atomic E-state index is 10.9. The zero-order chi connectivity index (χ0) is 15.2. The Morgan fingerprint density at radius 3 is 2.52 bits per heavy atom. The lowest BCUT2D eigenvalue weighted by Crippen LogP contribution is -2.24. The second kappa shape index (κ2) is 6.69.